The first-order chi connectivity index (χ1) is 30.5. The normalized spacial score (nSPS) is 12.2. The molecule has 8 aromatic carbocycles. The van der Waals surface area contributed by atoms with Crippen molar-refractivity contribution in [2.45, 2.75) is 40.0 Å². The number of rotatable bonds is 5. The van der Waals surface area contributed by atoms with Gasteiger partial charge in [0, 0.05) is 21.5 Å². The summed E-state index contributed by atoms with van der Waals surface area (Å²) in [4.78, 5) is 0. The minimum absolute atomic E-state index is 0.0633. The molecule has 2 aromatic heterocycles. The number of aryl methyl sites for hydroxylation is 4. The van der Waals surface area contributed by atoms with Gasteiger partial charge in [-0.3, -0.25) is 0 Å². The lowest BCUT2D eigenvalue weighted by atomic mass is 9.96. The molecule has 0 unspecified atom stereocenters. The minimum Gasteiger partial charge on any atom is -0.308 e. The van der Waals surface area contributed by atoms with Crippen LogP contribution in [0.1, 0.15) is 38.9 Å². The molecule has 3 nitrogen and oxygen atoms in total. The van der Waals surface area contributed by atoms with E-state index in [0.29, 0.717) is 33.4 Å². The SMILES string of the molecule is Cc1cc(C)cc(-c2ccc3c4ccccc4n(-c4cc(-c5cc(C(F)(F)F)cc(C(F)(F)F)c5)cc(-n5c6ccccc6c6ccc(-c7cc(C)cc(C)c7)cc65)c4C#N)c3c2)c1. The van der Waals surface area contributed by atoms with Gasteiger partial charge in [0.1, 0.15) is 11.6 Å². The van der Waals surface area contributed by atoms with E-state index in [2.05, 4.69) is 42.5 Å². The first kappa shape index (κ1) is 40.5. The van der Waals surface area contributed by atoms with Gasteiger partial charge >= 0.3 is 12.4 Å². The third-order valence-electron chi connectivity index (χ3n) is 12.1. The highest BCUT2D eigenvalue weighted by molar-refractivity contribution is 6.12. The molecule has 0 radical (unpaired) electrons. The predicted octanol–water partition coefficient (Wildman–Crippen LogP) is 16.0. The minimum atomic E-state index is -5.08. The Morgan fingerprint density at radius 3 is 1.12 bits per heavy atom. The van der Waals surface area contributed by atoms with Gasteiger partial charge in [0.25, 0.3) is 0 Å². The van der Waals surface area contributed by atoms with E-state index in [1.165, 1.54) is 0 Å². The number of nitrogens with zero attached hydrogens (tertiary/aromatic N) is 3. The topological polar surface area (TPSA) is 33.6 Å². The fourth-order valence-corrected chi connectivity index (χ4v) is 9.47. The fourth-order valence-electron chi connectivity index (χ4n) is 9.47. The van der Waals surface area contributed by atoms with E-state index < -0.39 is 23.5 Å². The van der Waals surface area contributed by atoms with Crippen LogP contribution in [0.5, 0.6) is 0 Å². The first-order valence-electron chi connectivity index (χ1n) is 20.7. The molecule has 0 atom stereocenters. The summed E-state index contributed by atoms with van der Waals surface area (Å²) < 4.78 is 90.9. The molecule has 0 fully saturated rings. The quantitative estimate of drug-likeness (QED) is 0.159. The Morgan fingerprint density at radius 1 is 0.375 bits per heavy atom. The second-order valence-electron chi connectivity index (χ2n) is 16.7. The summed E-state index contributed by atoms with van der Waals surface area (Å²) in [5.74, 6) is 0. The molecule has 0 spiro atoms. The summed E-state index contributed by atoms with van der Waals surface area (Å²) >= 11 is 0. The molecule has 2 heterocycles. The van der Waals surface area contributed by atoms with E-state index in [9.17, 15) is 31.6 Å². The summed E-state index contributed by atoms with van der Waals surface area (Å²) in [7, 11) is 0. The van der Waals surface area contributed by atoms with Crippen LogP contribution >= 0.6 is 0 Å². The molecule has 64 heavy (non-hydrogen) atoms. The van der Waals surface area contributed by atoms with E-state index in [1.54, 1.807) is 12.1 Å². The smallest absolute Gasteiger partial charge is 0.308 e. The lowest BCUT2D eigenvalue weighted by Gasteiger charge is -2.20. The van der Waals surface area contributed by atoms with Crippen LogP contribution in [0.3, 0.4) is 0 Å². The summed E-state index contributed by atoms with van der Waals surface area (Å²) in [5, 5.41) is 14.9. The van der Waals surface area contributed by atoms with E-state index in [-0.39, 0.29) is 22.8 Å². The van der Waals surface area contributed by atoms with Crippen LogP contribution in [0.4, 0.5) is 26.3 Å². The van der Waals surface area contributed by atoms with Crippen molar-refractivity contribution in [3.8, 4) is 50.8 Å². The van der Waals surface area contributed by atoms with Gasteiger partial charge < -0.3 is 9.13 Å². The molecule has 9 heteroatoms. The van der Waals surface area contributed by atoms with Crippen LogP contribution in [0.2, 0.25) is 0 Å². The summed E-state index contributed by atoms with van der Waals surface area (Å²) in [6, 6.07) is 47.1. The average molecular weight is 854 g/mol. The van der Waals surface area contributed by atoms with Gasteiger partial charge in [-0.25, -0.2) is 0 Å². The van der Waals surface area contributed by atoms with Crippen LogP contribution in [-0.2, 0) is 12.4 Å². The molecular formula is C55H37F6N3. The lowest BCUT2D eigenvalue weighted by Crippen LogP contribution is -2.11. The van der Waals surface area contributed by atoms with Crippen molar-refractivity contribution < 1.29 is 26.3 Å². The number of para-hydroxylation sites is 2. The maximum atomic E-state index is 14.5. The molecule has 0 N–H and O–H groups in total. The van der Waals surface area contributed by atoms with Crippen molar-refractivity contribution >= 4 is 43.6 Å². The van der Waals surface area contributed by atoms with Crippen LogP contribution in [0.25, 0.3) is 88.4 Å². The number of nitriles is 1. The number of hydrogen-bond acceptors (Lipinski definition) is 1. The molecule has 0 aliphatic carbocycles. The van der Waals surface area contributed by atoms with Crippen LogP contribution in [-0.4, -0.2) is 9.13 Å². The van der Waals surface area contributed by atoms with Gasteiger partial charge in [0.2, 0.25) is 0 Å². The van der Waals surface area contributed by atoms with Gasteiger partial charge in [-0.2, -0.15) is 31.6 Å². The van der Waals surface area contributed by atoms with Gasteiger partial charge in [-0.05, 0) is 116 Å². The van der Waals surface area contributed by atoms with Crippen molar-refractivity contribution in [3.05, 3.63) is 191 Å². The predicted molar refractivity (Wildman–Crippen MR) is 245 cm³/mol. The molecule has 10 aromatic rings. The summed E-state index contributed by atoms with van der Waals surface area (Å²) in [6.07, 6.45) is -10.2. The van der Waals surface area contributed by atoms with Crippen LogP contribution in [0.15, 0.2) is 152 Å². The highest BCUT2D eigenvalue weighted by Crippen LogP contribution is 2.44. The number of alkyl halides is 6. The van der Waals surface area contributed by atoms with E-state index >= 15 is 0 Å². The molecule has 0 saturated carbocycles. The van der Waals surface area contributed by atoms with Crippen molar-refractivity contribution in [1.29, 1.82) is 5.26 Å². The van der Waals surface area contributed by atoms with Gasteiger partial charge in [-0.15, -0.1) is 0 Å². The number of halogens is 6. The highest BCUT2D eigenvalue weighted by Gasteiger charge is 2.37. The maximum absolute atomic E-state index is 14.5. The molecule has 0 bridgehead atoms. The van der Waals surface area contributed by atoms with Crippen molar-refractivity contribution in [2.75, 3.05) is 0 Å². The third-order valence-corrected chi connectivity index (χ3v) is 12.1. The van der Waals surface area contributed by atoms with Gasteiger partial charge in [-0.1, -0.05) is 119 Å². The Kier molecular flexibility index (Phi) is 9.35. The fraction of sp³-hybridized carbons (Fsp3) is 0.109. The summed E-state index contributed by atoms with van der Waals surface area (Å²) in [6.45, 7) is 8.09. The zero-order valence-corrected chi connectivity index (χ0v) is 35.0. The maximum Gasteiger partial charge on any atom is 0.416 e. The lowest BCUT2D eigenvalue weighted by molar-refractivity contribution is -0.143. The zero-order valence-electron chi connectivity index (χ0n) is 35.0. The molecular weight excluding hydrogens is 817 g/mol. The number of benzene rings is 8. The third kappa shape index (κ3) is 6.87. The van der Waals surface area contributed by atoms with Gasteiger partial charge in [0.15, 0.2) is 0 Å². The van der Waals surface area contributed by atoms with E-state index in [1.807, 2.05) is 122 Å². The molecule has 314 valence electrons. The van der Waals surface area contributed by atoms with E-state index in [4.69, 9.17) is 0 Å². The molecule has 0 saturated heterocycles. The molecule has 0 aliphatic rings. The average Bonchev–Trinajstić information content (AvgIpc) is 3.76. The Morgan fingerprint density at radius 2 is 0.734 bits per heavy atom. The second-order valence-corrected chi connectivity index (χ2v) is 16.7. The first-order valence-corrected chi connectivity index (χ1v) is 20.7. The van der Waals surface area contributed by atoms with Crippen LogP contribution in [0, 0.1) is 39.0 Å². The molecule has 0 amide bonds. The Labute approximate surface area is 364 Å². The Hall–Kier alpha value is -7.57. The highest BCUT2D eigenvalue weighted by atomic mass is 19.4. The Balaban J connectivity index is 1.36. The second kappa shape index (κ2) is 14.8. The number of hydrogen-bond donors (Lipinski definition) is 0. The number of fused-ring (bicyclic) bond motifs is 6. The van der Waals surface area contributed by atoms with E-state index in [0.717, 1.165) is 78.2 Å². The largest absolute Gasteiger partial charge is 0.416 e. The Bertz CT molecular complexity index is 3330. The van der Waals surface area contributed by atoms with Crippen molar-refractivity contribution in [3.63, 3.8) is 0 Å². The van der Waals surface area contributed by atoms with Crippen molar-refractivity contribution in [2.24, 2.45) is 0 Å². The van der Waals surface area contributed by atoms with Crippen molar-refractivity contribution in [1.82, 2.24) is 9.13 Å². The molecule has 0 aliphatic heterocycles. The molecule has 10 rings (SSSR count). The zero-order chi connectivity index (χ0) is 44.8. The monoisotopic (exact) mass is 853 g/mol. The standard InChI is InChI=1S/C55H37F6N3/c1-31-17-32(2)20-37(19-31)35-13-15-45-43-9-5-7-11-48(43)63(50(45)25-35)52-27-40(39-23-41(54(56,57)58)29-42(24-39)55(59,60)61)28-53(47(52)30-62)64-49-12-8-6-10-44(49)46-16-14-36(26-51(46)64)38-21-33(3)18-34(4)22-38/h5-29H,1-4H3. The van der Waals surface area contributed by atoms with Gasteiger partial charge in [0.05, 0.1) is 44.6 Å². The van der Waals surface area contributed by atoms with Crippen LogP contribution < -0.4 is 0 Å². The summed E-state index contributed by atoms with van der Waals surface area (Å²) in [5.41, 5.74) is 8.50. The number of aromatic nitrogens is 2.